The van der Waals surface area contributed by atoms with E-state index in [1.165, 1.54) is 0 Å². The Kier molecular flexibility index (Phi) is 5.06. The lowest BCUT2D eigenvalue weighted by Crippen LogP contribution is -2.17. The van der Waals surface area contributed by atoms with Crippen LogP contribution < -0.4 is 0 Å². The van der Waals surface area contributed by atoms with Crippen LogP contribution in [0.2, 0.25) is 5.02 Å². The lowest BCUT2D eigenvalue weighted by atomic mass is 9.96. The molecule has 1 nitrogen and oxygen atoms in total. The number of alkyl halides is 1. The molecule has 1 rings (SSSR count). The van der Waals surface area contributed by atoms with Crippen molar-refractivity contribution in [3.8, 4) is 0 Å². The molecule has 0 saturated carbocycles. The Bertz CT molecular complexity index is 381. The summed E-state index contributed by atoms with van der Waals surface area (Å²) in [5.41, 5.74) is 1.01. The van der Waals surface area contributed by atoms with E-state index in [2.05, 4.69) is 38.5 Å². The molecule has 0 aliphatic carbocycles. The van der Waals surface area contributed by atoms with Crippen molar-refractivity contribution >= 4 is 55.9 Å². The molecular weight excluding hydrogens is 390 g/mol. The standard InChI is InChI=1S/C11H11BrClIO/c1-6(11(12)7(2)15)9-5-8(14)3-4-10(9)13/h3-6,11H,1-2H3. The lowest BCUT2D eigenvalue weighted by molar-refractivity contribution is -0.116. The zero-order chi connectivity index (χ0) is 11.6. The van der Waals surface area contributed by atoms with Crippen LogP contribution in [0.1, 0.15) is 25.3 Å². The molecule has 0 aliphatic rings. The molecule has 0 amide bonds. The largest absolute Gasteiger partial charge is 0.299 e. The van der Waals surface area contributed by atoms with Crippen LogP contribution in [0.5, 0.6) is 0 Å². The highest BCUT2D eigenvalue weighted by Crippen LogP contribution is 2.31. The van der Waals surface area contributed by atoms with Crippen LogP contribution in [0.3, 0.4) is 0 Å². The van der Waals surface area contributed by atoms with Gasteiger partial charge in [-0.3, -0.25) is 4.79 Å². The lowest BCUT2D eigenvalue weighted by Gasteiger charge is -2.17. The number of hydrogen-bond donors (Lipinski definition) is 0. The first-order chi connectivity index (χ1) is 6.93. The predicted molar refractivity (Wildman–Crippen MR) is 76.0 cm³/mol. The molecule has 4 heteroatoms. The SMILES string of the molecule is CC(=O)C(Br)C(C)c1cc(I)ccc1Cl. The normalized spacial score (nSPS) is 14.7. The average Bonchev–Trinajstić information content (AvgIpc) is 2.19. The van der Waals surface area contributed by atoms with Gasteiger partial charge in [-0.2, -0.15) is 0 Å². The quantitative estimate of drug-likeness (QED) is 0.542. The Morgan fingerprint density at radius 2 is 2.13 bits per heavy atom. The first kappa shape index (κ1) is 13.5. The summed E-state index contributed by atoms with van der Waals surface area (Å²) in [7, 11) is 0. The van der Waals surface area contributed by atoms with E-state index < -0.39 is 0 Å². The summed E-state index contributed by atoms with van der Waals surface area (Å²) in [6.07, 6.45) is 0. The van der Waals surface area contributed by atoms with Crippen LogP contribution >= 0.6 is 50.1 Å². The monoisotopic (exact) mass is 400 g/mol. The third kappa shape index (κ3) is 3.43. The molecule has 0 heterocycles. The zero-order valence-electron chi connectivity index (χ0n) is 8.43. The number of carbonyl (C=O) groups excluding carboxylic acids is 1. The minimum absolute atomic E-state index is 0.0877. The van der Waals surface area contributed by atoms with Gasteiger partial charge >= 0.3 is 0 Å². The number of halogens is 3. The van der Waals surface area contributed by atoms with Crippen molar-refractivity contribution in [2.75, 3.05) is 0 Å². The second-order valence-electron chi connectivity index (χ2n) is 3.47. The van der Waals surface area contributed by atoms with Gasteiger partial charge in [0.1, 0.15) is 5.78 Å². The Morgan fingerprint density at radius 1 is 1.53 bits per heavy atom. The third-order valence-electron chi connectivity index (χ3n) is 2.28. The molecule has 0 saturated heterocycles. The van der Waals surface area contributed by atoms with Gasteiger partial charge in [-0.05, 0) is 53.3 Å². The molecule has 0 aliphatic heterocycles. The molecule has 15 heavy (non-hydrogen) atoms. The predicted octanol–water partition coefficient (Wildman–Crippen LogP) is 4.40. The maximum Gasteiger partial charge on any atom is 0.144 e. The maximum absolute atomic E-state index is 11.3. The van der Waals surface area contributed by atoms with Gasteiger partial charge in [0.2, 0.25) is 0 Å². The molecule has 0 aromatic heterocycles. The van der Waals surface area contributed by atoms with E-state index in [1.807, 2.05) is 25.1 Å². The van der Waals surface area contributed by atoms with Crippen molar-refractivity contribution in [1.29, 1.82) is 0 Å². The van der Waals surface area contributed by atoms with Crippen molar-refractivity contribution in [2.24, 2.45) is 0 Å². The Balaban J connectivity index is 3.04. The van der Waals surface area contributed by atoms with Gasteiger partial charge < -0.3 is 0 Å². The molecule has 0 radical (unpaired) electrons. The van der Waals surface area contributed by atoms with E-state index in [1.54, 1.807) is 6.92 Å². The van der Waals surface area contributed by atoms with Gasteiger partial charge in [0.15, 0.2) is 0 Å². The minimum Gasteiger partial charge on any atom is -0.299 e. The van der Waals surface area contributed by atoms with E-state index in [9.17, 15) is 4.79 Å². The highest BCUT2D eigenvalue weighted by molar-refractivity contribution is 14.1. The Morgan fingerprint density at radius 3 is 2.67 bits per heavy atom. The van der Waals surface area contributed by atoms with Crippen molar-refractivity contribution in [3.05, 3.63) is 32.4 Å². The molecule has 0 N–H and O–H groups in total. The van der Waals surface area contributed by atoms with Gasteiger partial charge in [0, 0.05) is 14.5 Å². The topological polar surface area (TPSA) is 17.1 Å². The second-order valence-corrected chi connectivity index (χ2v) is 6.11. The summed E-state index contributed by atoms with van der Waals surface area (Å²) in [4.78, 5) is 11.1. The van der Waals surface area contributed by atoms with Gasteiger partial charge in [0.25, 0.3) is 0 Å². The third-order valence-corrected chi connectivity index (χ3v) is 4.73. The van der Waals surface area contributed by atoms with Crippen LogP contribution in [0.4, 0.5) is 0 Å². The van der Waals surface area contributed by atoms with E-state index in [-0.39, 0.29) is 16.5 Å². The summed E-state index contributed by atoms with van der Waals surface area (Å²) in [6, 6.07) is 5.84. The first-order valence-corrected chi connectivity index (χ1v) is 6.90. The van der Waals surface area contributed by atoms with Gasteiger partial charge in [0.05, 0.1) is 4.83 Å². The maximum atomic E-state index is 11.3. The minimum atomic E-state index is -0.173. The van der Waals surface area contributed by atoms with E-state index in [0.29, 0.717) is 5.02 Å². The van der Waals surface area contributed by atoms with Crippen molar-refractivity contribution < 1.29 is 4.79 Å². The summed E-state index contributed by atoms with van der Waals surface area (Å²) in [5.74, 6) is 0.210. The van der Waals surface area contributed by atoms with Gasteiger partial charge in [-0.1, -0.05) is 34.5 Å². The van der Waals surface area contributed by atoms with E-state index in [4.69, 9.17) is 11.6 Å². The van der Waals surface area contributed by atoms with Gasteiger partial charge in [-0.15, -0.1) is 0 Å². The number of hydrogen-bond acceptors (Lipinski definition) is 1. The number of ketones is 1. The number of benzene rings is 1. The van der Waals surface area contributed by atoms with Crippen LogP contribution in [-0.4, -0.2) is 10.6 Å². The van der Waals surface area contributed by atoms with Crippen LogP contribution in [0, 0.1) is 3.57 Å². The highest BCUT2D eigenvalue weighted by Gasteiger charge is 2.22. The fourth-order valence-corrected chi connectivity index (χ4v) is 2.46. The zero-order valence-corrected chi connectivity index (χ0v) is 12.9. The van der Waals surface area contributed by atoms with E-state index in [0.717, 1.165) is 9.13 Å². The summed E-state index contributed by atoms with van der Waals surface area (Å²) in [5, 5.41) is 0.716. The van der Waals surface area contributed by atoms with Crippen molar-refractivity contribution in [2.45, 2.75) is 24.6 Å². The summed E-state index contributed by atoms with van der Waals surface area (Å²) in [6.45, 7) is 3.58. The fraction of sp³-hybridized carbons (Fsp3) is 0.364. The second kappa shape index (κ2) is 5.64. The molecule has 1 aromatic carbocycles. The molecule has 1 aromatic rings. The van der Waals surface area contributed by atoms with Crippen LogP contribution in [0.25, 0.3) is 0 Å². The smallest absolute Gasteiger partial charge is 0.144 e. The summed E-state index contributed by atoms with van der Waals surface area (Å²) < 4.78 is 1.13. The summed E-state index contributed by atoms with van der Waals surface area (Å²) >= 11 is 11.7. The van der Waals surface area contributed by atoms with Crippen LogP contribution in [0.15, 0.2) is 18.2 Å². The molecular formula is C11H11BrClIO. The molecule has 0 spiro atoms. The Labute approximate surface area is 117 Å². The number of Topliss-reactive ketones (excluding diaryl/α,β-unsaturated/α-hetero) is 1. The number of carbonyl (C=O) groups is 1. The molecule has 2 atom stereocenters. The van der Waals surface area contributed by atoms with Crippen molar-refractivity contribution in [3.63, 3.8) is 0 Å². The molecule has 82 valence electrons. The van der Waals surface area contributed by atoms with E-state index >= 15 is 0 Å². The molecule has 0 fully saturated rings. The van der Waals surface area contributed by atoms with Crippen molar-refractivity contribution in [1.82, 2.24) is 0 Å². The Hall–Kier alpha value is 0.390. The van der Waals surface area contributed by atoms with Crippen LogP contribution in [-0.2, 0) is 4.79 Å². The highest BCUT2D eigenvalue weighted by atomic mass is 127. The van der Waals surface area contributed by atoms with Gasteiger partial charge in [-0.25, -0.2) is 0 Å². The molecule has 0 bridgehead atoms. The molecule has 2 unspecified atom stereocenters. The average molecular weight is 401 g/mol. The number of rotatable bonds is 3. The fourth-order valence-electron chi connectivity index (χ4n) is 1.37. The first-order valence-electron chi connectivity index (χ1n) is 4.53.